The van der Waals surface area contributed by atoms with E-state index in [2.05, 4.69) is 17.2 Å². The molecule has 0 aliphatic rings. The first-order chi connectivity index (χ1) is 5.24. The third-order valence-corrected chi connectivity index (χ3v) is 1.71. The zero-order chi connectivity index (χ0) is 8.27. The van der Waals surface area contributed by atoms with Gasteiger partial charge in [-0.3, -0.25) is 4.98 Å². The van der Waals surface area contributed by atoms with Gasteiger partial charge in [-0.15, -0.1) is 0 Å². The van der Waals surface area contributed by atoms with E-state index in [0.29, 0.717) is 11.7 Å². The van der Waals surface area contributed by atoms with Crippen LogP contribution in [0.4, 0.5) is 5.69 Å². The third kappa shape index (κ3) is 1.91. The number of aromatic nitrogens is 1. The maximum Gasteiger partial charge on any atom is 0.0503 e. The third-order valence-electron chi connectivity index (χ3n) is 1.71. The fourth-order valence-electron chi connectivity index (χ4n) is 0.880. The summed E-state index contributed by atoms with van der Waals surface area (Å²) in [6.45, 7) is 2.07. The van der Waals surface area contributed by atoms with Crippen LogP contribution in [0, 0.1) is 0 Å². The highest BCUT2D eigenvalue weighted by Gasteiger charge is 2.01. The summed E-state index contributed by atoms with van der Waals surface area (Å²) in [5, 5.41) is 3.11. The van der Waals surface area contributed by atoms with E-state index in [1.54, 1.807) is 6.20 Å². The predicted molar refractivity (Wildman–Crippen MR) is 46.1 cm³/mol. The number of anilines is 1. The number of pyridine rings is 1. The Morgan fingerprint density at radius 3 is 2.82 bits per heavy atom. The van der Waals surface area contributed by atoms with E-state index in [9.17, 15) is 0 Å². The van der Waals surface area contributed by atoms with Crippen LogP contribution in [0.2, 0.25) is 0 Å². The summed E-state index contributed by atoms with van der Waals surface area (Å²) in [5.41, 5.74) is 7.39. The van der Waals surface area contributed by atoms with Crippen molar-refractivity contribution in [2.75, 3.05) is 12.8 Å². The molecule has 1 unspecified atom stereocenters. The highest BCUT2D eigenvalue weighted by Crippen LogP contribution is 2.12. The van der Waals surface area contributed by atoms with E-state index < -0.39 is 0 Å². The molecule has 0 radical (unpaired) electrons. The molecule has 3 heteroatoms. The summed E-state index contributed by atoms with van der Waals surface area (Å²) in [5.74, 6) is 0. The van der Waals surface area contributed by atoms with Crippen LogP contribution in [0.5, 0.6) is 0 Å². The van der Waals surface area contributed by atoms with Gasteiger partial charge >= 0.3 is 0 Å². The number of nitrogens with zero attached hydrogens (tertiary/aromatic N) is 1. The van der Waals surface area contributed by atoms with Crippen LogP contribution in [0.25, 0.3) is 0 Å². The van der Waals surface area contributed by atoms with Crippen molar-refractivity contribution < 1.29 is 0 Å². The molecule has 0 saturated heterocycles. The first-order valence-corrected chi connectivity index (χ1v) is 3.61. The summed E-state index contributed by atoms with van der Waals surface area (Å²) in [6.07, 6.45) is 3.46. The molecule has 0 spiro atoms. The van der Waals surface area contributed by atoms with Gasteiger partial charge in [0.15, 0.2) is 0 Å². The quantitative estimate of drug-likeness (QED) is 0.661. The van der Waals surface area contributed by atoms with Gasteiger partial charge in [-0.1, -0.05) is 0 Å². The zero-order valence-electron chi connectivity index (χ0n) is 6.83. The van der Waals surface area contributed by atoms with Gasteiger partial charge in [-0.25, -0.2) is 0 Å². The molecule has 60 valence electrons. The molecule has 0 aromatic carbocycles. The molecule has 0 bridgehead atoms. The normalized spacial score (nSPS) is 12.9. The van der Waals surface area contributed by atoms with Crippen molar-refractivity contribution in [3.05, 3.63) is 24.0 Å². The largest absolute Gasteiger partial charge is 0.397 e. The summed E-state index contributed by atoms with van der Waals surface area (Å²) in [4.78, 5) is 3.99. The van der Waals surface area contributed by atoms with Crippen LogP contribution in [0.15, 0.2) is 18.5 Å². The Kier molecular flexibility index (Phi) is 2.44. The van der Waals surface area contributed by atoms with Crippen LogP contribution in [0.3, 0.4) is 0 Å². The molecule has 0 fully saturated rings. The minimum Gasteiger partial charge on any atom is -0.397 e. The monoisotopic (exact) mass is 151 g/mol. The lowest BCUT2D eigenvalue weighted by Crippen LogP contribution is -2.12. The maximum atomic E-state index is 5.56. The Hall–Kier alpha value is -1.09. The molecule has 0 aliphatic heterocycles. The van der Waals surface area contributed by atoms with E-state index in [-0.39, 0.29) is 0 Å². The van der Waals surface area contributed by atoms with Gasteiger partial charge in [-0.2, -0.15) is 0 Å². The Bertz CT molecular complexity index is 235. The number of hydrogen-bond donors (Lipinski definition) is 2. The summed E-state index contributed by atoms with van der Waals surface area (Å²) in [7, 11) is 1.91. The van der Waals surface area contributed by atoms with E-state index in [4.69, 9.17) is 5.73 Å². The van der Waals surface area contributed by atoms with Crippen LogP contribution in [-0.2, 0) is 0 Å². The lowest BCUT2D eigenvalue weighted by atomic mass is 10.1. The Balaban J connectivity index is 2.86. The molecular formula is C8H13N3. The summed E-state index contributed by atoms with van der Waals surface area (Å²) in [6, 6.07) is 2.24. The number of hydrogen-bond acceptors (Lipinski definition) is 3. The average Bonchev–Trinajstić information content (AvgIpc) is 2.03. The second-order valence-corrected chi connectivity index (χ2v) is 2.56. The van der Waals surface area contributed by atoms with Gasteiger partial charge in [0.2, 0.25) is 0 Å². The van der Waals surface area contributed by atoms with Gasteiger partial charge in [-0.05, 0) is 25.6 Å². The molecule has 1 rings (SSSR count). The Labute approximate surface area is 66.6 Å². The van der Waals surface area contributed by atoms with Crippen molar-refractivity contribution >= 4 is 5.69 Å². The van der Waals surface area contributed by atoms with Crippen molar-refractivity contribution in [3.63, 3.8) is 0 Å². The number of nitrogens with two attached hydrogens (primary N) is 1. The molecule has 1 heterocycles. The standard InChI is InChI=1S/C8H13N3/c1-6(10-2)7-3-8(9)5-11-4-7/h3-6,10H,9H2,1-2H3. The molecule has 1 aromatic rings. The van der Waals surface area contributed by atoms with E-state index in [1.807, 2.05) is 19.3 Å². The number of nitrogens with one attached hydrogen (secondary N) is 1. The first kappa shape index (κ1) is 8.01. The lowest BCUT2D eigenvalue weighted by molar-refractivity contribution is 0.650. The molecule has 0 saturated carbocycles. The van der Waals surface area contributed by atoms with Crippen LogP contribution < -0.4 is 11.1 Å². The van der Waals surface area contributed by atoms with Crippen LogP contribution in [0.1, 0.15) is 18.5 Å². The van der Waals surface area contributed by atoms with Gasteiger partial charge in [0.1, 0.15) is 0 Å². The number of rotatable bonds is 2. The second kappa shape index (κ2) is 3.34. The van der Waals surface area contributed by atoms with Crippen molar-refractivity contribution in [1.29, 1.82) is 0 Å². The molecule has 0 amide bonds. The molecule has 1 aromatic heterocycles. The second-order valence-electron chi connectivity index (χ2n) is 2.56. The summed E-state index contributed by atoms with van der Waals surface area (Å²) >= 11 is 0. The predicted octanol–water partition coefficient (Wildman–Crippen LogP) is 0.944. The van der Waals surface area contributed by atoms with Crippen molar-refractivity contribution in [3.8, 4) is 0 Å². The van der Waals surface area contributed by atoms with E-state index in [1.165, 1.54) is 0 Å². The zero-order valence-corrected chi connectivity index (χ0v) is 6.83. The van der Waals surface area contributed by atoms with E-state index >= 15 is 0 Å². The van der Waals surface area contributed by atoms with Gasteiger partial charge in [0.25, 0.3) is 0 Å². The SMILES string of the molecule is CNC(C)c1cncc(N)c1. The lowest BCUT2D eigenvalue weighted by Gasteiger charge is -2.09. The molecule has 3 nitrogen and oxygen atoms in total. The van der Waals surface area contributed by atoms with Crippen LogP contribution in [-0.4, -0.2) is 12.0 Å². The first-order valence-electron chi connectivity index (χ1n) is 3.61. The van der Waals surface area contributed by atoms with E-state index in [0.717, 1.165) is 5.56 Å². The fraction of sp³-hybridized carbons (Fsp3) is 0.375. The molecule has 1 atom stereocenters. The topological polar surface area (TPSA) is 50.9 Å². The highest BCUT2D eigenvalue weighted by molar-refractivity contribution is 5.37. The molecule has 0 aliphatic carbocycles. The minimum absolute atomic E-state index is 0.311. The minimum atomic E-state index is 0.311. The maximum absolute atomic E-state index is 5.56. The molecule has 11 heavy (non-hydrogen) atoms. The average molecular weight is 151 g/mol. The highest BCUT2D eigenvalue weighted by atomic mass is 14.9. The smallest absolute Gasteiger partial charge is 0.0503 e. The summed E-state index contributed by atoms with van der Waals surface area (Å²) < 4.78 is 0. The Morgan fingerprint density at radius 2 is 2.27 bits per heavy atom. The van der Waals surface area contributed by atoms with Crippen molar-refractivity contribution in [2.45, 2.75) is 13.0 Å². The van der Waals surface area contributed by atoms with Gasteiger partial charge in [0.05, 0.1) is 5.69 Å². The van der Waals surface area contributed by atoms with Gasteiger partial charge in [0, 0.05) is 18.4 Å². The van der Waals surface area contributed by atoms with Crippen molar-refractivity contribution in [1.82, 2.24) is 10.3 Å². The Morgan fingerprint density at radius 1 is 1.55 bits per heavy atom. The van der Waals surface area contributed by atoms with Crippen molar-refractivity contribution in [2.24, 2.45) is 0 Å². The number of nitrogen functional groups attached to an aromatic ring is 1. The van der Waals surface area contributed by atoms with Crippen LogP contribution >= 0.6 is 0 Å². The molecular weight excluding hydrogens is 138 g/mol. The fourth-order valence-corrected chi connectivity index (χ4v) is 0.880. The molecule has 3 N–H and O–H groups in total. The van der Waals surface area contributed by atoms with Gasteiger partial charge < -0.3 is 11.1 Å².